The zero-order valence-corrected chi connectivity index (χ0v) is 11.2. The molecule has 0 aromatic heterocycles. The van der Waals surface area contributed by atoms with E-state index in [1.165, 1.54) is 38.5 Å². The minimum atomic E-state index is -0.343. The Balaban J connectivity index is 2.61. The van der Waals surface area contributed by atoms with Crippen LogP contribution >= 0.6 is 0 Å². The quantitative estimate of drug-likeness (QED) is 0.729. The van der Waals surface area contributed by atoms with Crippen molar-refractivity contribution in [1.29, 1.82) is 0 Å². The summed E-state index contributed by atoms with van der Waals surface area (Å²) in [4.78, 5) is 0. The van der Waals surface area contributed by atoms with E-state index in [1.807, 2.05) is 6.92 Å². The highest BCUT2D eigenvalue weighted by Gasteiger charge is 2.37. The molecule has 0 radical (unpaired) electrons. The van der Waals surface area contributed by atoms with E-state index in [2.05, 4.69) is 13.8 Å². The van der Waals surface area contributed by atoms with Crippen LogP contribution in [-0.4, -0.2) is 23.4 Å². The molecule has 0 aromatic rings. The molecular formula is C14H28O2. The van der Waals surface area contributed by atoms with Gasteiger partial charge in [0.1, 0.15) is 0 Å². The van der Waals surface area contributed by atoms with Crippen molar-refractivity contribution in [3.8, 4) is 0 Å². The average Bonchev–Trinajstić information content (AvgIpc) is 2.56. The smallest absolute Gasteiger partial charge is 0.0912 e. The molecule has 1 saturated carbocycles. The molecular weight excluding hydrogens is 200 g/mol. The van der Waals surface area contributed by atoms with E-state index < -0.39 is 0 Å². The van der Waals surface area contributed by atoms with Crippen molar-refractivity contribution in [2.45, 2.75) is 77.4 Å². The van der Waals surface area contributed by atoms with Gasteiger partial charge < -0.3 is 9.84 Å². The molecule has 0 saturated heterocycles. The lowest BCUT2D eigenvalue weighted by molar-refractivity contribution is -0.132. The van der Waals surface area contributed by atoms with Gasteiger partial charge in [-0.25, -0.2) is 0 Å². The van der Waals surface area contributed by atoms with Gasteiger partial charge in [-0.15, -0.1) is 0 Å². The van der Waals surface area contributed by atoms with Crippen molar-refractivity contribution in [2.24, 2.45) is 5.92 Å². The van der Waals surface area contributed by atoms with Gasteiger partial charge in [-0.2, -0.15) is 0 Å². The van der Waals surface area contributed by atoms with E-state index in [4.69, 9.17) is 4.74 Å². The Labute approximate surface area is 100 Å². The van der Waals surface area contributed by atoms with Crippen LogP contribution in [0.1, 0.15) is 65.7 Å². The zero-order valence-electron chi connectivity index (χ0n) is 11.2. The second-order valence-electron chi connectivity index (χ2n) is 5.30. The second-order valence-corrected chi connectivity index (χ2v) is 5.30. The van der Waals surface area contributed by atoms with Crippen LogP contribution in [0.5, 0.6) is 0 Å². The molecule has 2 unspecified atom stereocenters. The van der Waals surface area contributed by atoms with Gasteiger partial charge in [-0.3, -0.25) is 0 Å². The van der Waals surface area contributed by atoms with Crippen LogP contribution in [0, 0.1) is 5.92 Å². The molecule has 2 atom stereocenters. The highest BCUT2D eigenvalue weighted by molar-refractivity contribution is 4.88. The first-order chi connectivity index (χ1) is 7.64. The van der Waals surface area contributed by atoms with E-state index in [1.54, 1.807) is 0 Å². The molecule has 2 heteroatoms. The molecule has 0 amide bonds. The molecule has 1 N–H and O–H groups in total. The molecule has 0 aliphatic heterocycles. The SMILES string of the molecule is CCOC(C)(CC)C(O)C1CCCCCC1. The van der Waals surface area contributed by atoms with Gasteiger partial charge in [0.05, 0.1) is 11.7 Å². The third kappa shape index (κ3) is 3.46. The maximum absolute atomic E-state index is 10.5. The molecule has 1 aliphatic carbocycles. The molecule has 96 valence electrons. The van der Waals surface area contributed by atoms with Crippen molar-refractivity contribution in [3.63, 3.8) is 0 Å². The molecule has 16 heavy (non-hydrogen) atoms. The Kier molecular flexibility index (Phi) is 5.77. The largest absolute Gasteiger partial charge is 0.390 e. The number of hydrogen-bond acceptors (Lipinski definition) is 2. The Bertz CT molecular complexity index is 185. The molecule has 0 heterocycles. The maximum atomic E-state index is 10.5. The summed E-state index contributed by atoms with van der Waals surface area (Å²) < 4.78 is 5.78. The van der Waals surface area contributed by atoms with Crippen molar-refractivity contribution in [2.75, 3.05) is 6.61 Å². The van der Waals surface area contributed by atoms with Crippen LogP contribution in [0.4, 0.5) is 0 Å². The number of rotatable bonds is 5. The molecule has 0 spiro atoms. The van der Waals surface area contributed by atoms with Gasteiger partial charge in [0.25, 0.3) is 0 Å². The molecule has 2 nitrogen and oxygen atoms in total. The van der Waals surface area contributed by atoms with Crippen LogP contribution in [0.3, 0.4) is 0 Å². The molecule has 1 fully saturated rings. The fourth-order valence-corrected chi connectivity index (χ4v) is 2.85. The maximum Gasteiger partial charge on any atom is 0.0912 e. The Morgan fingerprint density at radius 3 is 2.19 bits per heavy atom. The van der Waals surface area contributed by atoms with E-state index in [0.717, 1.165) is 6.42 Å². The summed E-state index contributed by atoms with van der Waals surface area (Å²) in [5.74, 6) is 0.444. The summed E-state index contributed by atoms with van der Waals surface area (Å²) in [6, 6.07) is 0. The number of ether oxygens (including phenoxy) is 1. The number of aliphatic hydroxyl groups is 1. The van der Waals surface area contributed by atoms with Crippen LogP contribution < -0.4 is 0 Å². The Hall–Kier alpha value is -0.0800. The van der Waals surface area contributed by atoms with Crippen molar-refractivity contribution in [3.05, 3.63) is 0 Å². The molecule has 0 aromatic carbocycles. The first kappa shape index (κ1) is 14.0. The van der Waals surface area contributed by atoms with Gasteiger partial charge >= 0.3 is 0 Å². The monoisotopic (exact) mass is 228 g/mol. The Morgan fingerprint density at radius 2 is 1.75 bits per heavy atom. The van der Waals surface area contributed by atoms with Crippen LogP contribution in [0.2, 0.25) is 0 Å². The van der Waals surface area contributed by atoms with Crippen molar-refractivity contribution < 1.29 is 9.84 Å². The predicted octanol–water partition coefficient (Wildman–Crippen LogP) is 3.52. The standard InChI is InChI=1S/C14H28O2/c1-4-14(3,16-5-2)13(15)12-10-8-6-7-9-11-12/h12-13,15H,4-11H2,1-3H3. The summed E-state index contributed by atoms with van der Waals surface area (Å²) in [6.07, 6.45) is 8.14. The van der Waals surface area contributed by atoms with Crippen molar-refractivity contribution >= 4 is 0 Å². The lowest BCUT2D eigenvalue weighted by Gasteiger charge is -2.37. The van der Waals surface area contributed by atoms with Gasteiger partial charge in [0.15, 0.2) is 0 Å². The lowest BCUT2D eigenvalue weighted by Crippen LogP contribution is -2.46. The minimum Gasteiger partial charge on any atom is -0.390 e. The van der Waals surface area contributed by atoms with Crippen LogP contribution in [0.15, 0.2) is 0 Å². The first-order valence-electron chi connectivity index (χ1n) is 6.96. The zero-order chi connectivity index (χ0) is 12.0. The number of hydrogen-bond donors (Lipinski definition) is 1. The van der Waals surface area contributed by atoms with Gasteiger partial charge in [0.2, 0.25) is 0 Å². The predicted molar refractivity (Wildman–Crippen MR) is 67.5 cm³/mol. The highest BCUT2D eigenvalue weighted by Crippen LogP contribution is 2.33. The summed E-state index contributed by atoms with van der Waals surface area (Å²) >= 11 is 0. The minimum absolute atomic E-state index is 0.296. The third-order valence-corrected chi connectivity index (χ3v) is 4.15. The lowest BCUT2D eigenvalue weighted by atomic mass is 9.82. The average molecular weight is 228 g/mol. The third-order valence-electron chi connectivity index (χ3n) is 4.15. The number of aliphatic hydroxyl groups excluding tert-OH is 1. The summed E-state index contributed by atoms with van der Waals surface area (Å²) in [5, 5.41) is 10.5. The first-order valence-corrected chi connectivity index (χ1v) is 6.96. The molecule has 1 aliphatic rings. The van der Waals surface area contributed by atoms with Gasteiger partial charge in [0, 0.05) is 6.61 Å². The Morgan fingerprint density at radius 1 is 1.19 bits per heavy atom. The van der Waals surface area contributed by atoms with E-state index in [9.17, 15) is 5.11 Å². The van der Waals surface area contributed by atoms with Crippen LogP contribution in [0.25, 0.3) is 0 Å². The van der Waals surface area contributed by atoms with E-state index >= 15 is 0 Å². The summed E-state index contributed by atoms with van der Waals surface area (Å²) in [6.45, 7) is 6.86. The topological polar surface area (TPSA) is 29.5 Å². The molecule has 1 rings (SSSR count). The van der Waals surface area contributed by atoms with E-state index in [0.29, 0.717) is 12.5 Å². The van der Waals surface area contributed by atoms with Gasteiger partial charge in [-0.05, 0) is 39.0 Å². The van der Waals surface area contributed by atoms with Crippen molar-refractivity contribution in [1.82, 2.24) is 0 Å². The van der Waals surface area contributed by atoms with E-state index in [-0.39, 0.29) is 11.7 Å². The van der Waals surface area contributed by atoms with Crippen LogP contribution in [-0.2, 0) is 4.74 Å². The summed E-state index contributed by atoms with van der Waals surface area (Å²) in [5.41, 5.74) is -0.343. The highest BCUT2D eigenvalue weighted by atomic mass is 16.5. The fourth-order valence-electron chi connectivity index (χ4n) is 2.85. The second kappa shape index (κ2) is 6.61. The van der Waals surface area contributed by atoms with Gasteiger partial charge in [-0.1, -0.05) is 32.6 Å². The summed E-state index contributed by atoms with van der Waals surface area (Å²) in [7, 11) is 0. The molecule has 0 bridgehead atoms. The fraction of sp³-hybridized carbons (Fsp3) is 1.00. The normalized spacial score (nSPS) is 24.8.